The van der Waals surface area contributed by atoms with Crippen LogP contribution in [0.4, 0.5) is 0 Å². The van der Waals surface area contributed by atoms with Crippen LogP contribution in [0.1, 0.15) is 29.2 Å². The predicted molar refractivity (Wildman–Crippen MR) is 90.4 cm³/mol. The molecule has 0 aliphatic carbocycles. The highest BCUT2D eigenvalue weighted by atomic mass is 16.5. The zero-order chi connectivity index (χ0) is 17.8. The number of ether oxygens (including phenoxy) is 1. The van der Waals surface area contributed by atoms with Crippen LogP contribution < -0.4 is 16.0 Å². The van der Waals surface area contributed by atoms with Gasteiger partial charge in [-0.1, -0.05) is 12.1 Å². The number of nitrogens with two attached hydrogens (primary N) is 1. The second-order valence-electron chi connectivity index (χ2n) is 5.55. The summed E-state index contributed by atoms with van der Waals surface area (Å²) in [6.07, 6.45) is 3.16. The number of aromatic amines is 2. The molecule has 0 saturated carbocycles. The maximum absolute atomic E-state index is 12.1. The van der Waals surface area contributed by atoms with Crippen molar-refractivity contribution >= 4 is 5.91 Å². The van der Waals surface area contributed by atoms with Gasteiger partial charge in [0.15, 0.2) is 0 Å². The first-order valence-electron chi connectivity index (χ1n) is 7.65. The molecular weight excluding hydrogens is 322 g/mol. The number of hydrogen-bond donors (Lipinski definition) is 3. The molecule has 0 aliphatic heterocycles. The fourth-order valence-corrected chi connectivity index (χ4v) is 2.70. The van der Waals surface area contributed by atoms with Crippen LogP contribution in [-0.2, 0) is 4.79 Å². The van der Waals surface area contributed by atoms with E-state index in [-0.39, 0.29) is 18.0 Å². The van der Waals surface area contributed by atoms with Gasteiger partial charge in [-0.3, -0.25) is 14.7 Å². The molecule has 0 saturated heterocycles. The monoisotopic (exact) mass is 339 g/mol. The molecule has 1 atom stereocenters. The van der Waals surface area contributed by atoms with Crippen molar-refractivity contribution < 1.29 is 9.53 Å². The second kappa shape index (κ2) is 7.00. The Morgan fingerprint density at radius 3 is 2.64 bits per heavy atom. The number of rotatable bonds is 6. The number of aromatic nitrogens is 4. The molecule has 0 bridgehead atoms. The Balaban J connectivity index is 1.98. The van der Waals surface area contributed by atoms with Crippen LogP contribution in [0.5, 0.6) is 11.8 Å². The van der Waals surface area contributed by atoms with E-state index in [4.69, 9.17) is 10.5 Å². The lowest BCUT2D eigenvalue weighted by Gasteiger charge is -2.16. The molecule has 0 spiro atoms. The molecule has 1 amide bonds. The van der Waals surface area contributed by atoms with Crippen molar-refractivity contribution in [3.8, 4) is 11.8 Å². The number of benzene rings is 1. The molecule has 0 unspecified atom stereocenters. The van der Waals surface area contributed by atoms with Crippen molar-refractivity contribution in [1.82, 2.24) is 20.2 Å². The lowest BCUT2D eigenvalue weighted by Crippen LogP contribution is -2.20. The minimum atomic E-state index is -0.497. The maximum atomic E-state index is 12.1. The fraction of sp³-hybridized carbons (Fsp3) is 0.176. The third-order valence-corrected chi connectivity index (χ3v) is 3.78. The largest absolute Gasteiger partial charge is 0.424 e. The summed E-state index contributed by atoms with van der Waals surface area (Å²) in [7, 11) is 0. The van der Waals surface area contributed by atoms with E-state index in [9.17, 15) is 9.59 Å². The van der Waals surface area contributed by atoms with Gasteiger partial charge in [-0.25, -0.2) is 9.97 Å². The first-order chi connectivity index (χ1) is 12.0. The predicted octanol–water partition coefficient (Wildman–Crippen LogP) is 1.60. The maximum Gasteiger partial charge on any atom is 0.321 e. The van der Waals surface area contributed by atoms with Gasteiger partial charge in [0.2, 0.25) is 5.91 Å². The van der Waals surface area contributed by atoms with E-state index >= 15 is 0 Å². The van der Waals surface area contributed by atoms with E-state index in [0.29, 0.717) is 17.0 Å². The Bertz CT molecular complexity index is 933. The summed E-state index contributed by atoms with van der Waals surface area (Å²) >= 11 is 0. The molecule has 4 N–H and O–H groups in total. The molecule has 25 heavy (non-hydrogen) atoms. The highest BCUT2D eigenvalue weighted by molar-refractivity contribution is 5.75. The van der Waals surface area contributed by atoms with E-state index in [2.05, 4.69) is 20.2 Å². The van der Waals surface area contributed by atoms with E-state index in [0.717, 1.165) is 5.56 Å². The molecule has 8 heteroatoms. The molecule has 128 valence electrons. The van der Waals surface area contributed by atoms with Crippen LogP contribution >= 0.6 is 0 Å². The summed E-state index contributed by atoms with van der Waals surface area (Å²) in [5.74, 6) is -0.474. The van der Waals surface area contributed by atoms with Crippen LogP contribution in [0.3, 0.4) is 0 Å². The molecule has 0 aliphatic rings. The summed E-state index contributed by atoms with van der Waals surface area (Å²) in [6.45, 7) is 1.76. The van der Waals surface area contributed by atoms with Crippen LogP contribution in [0.2, 0.25) is 0 Å². The van der Waals surface area contributed by atoms with E-state index in [1.54, 1.807) is 43.6 Å². The number of aryl methyl sites for hydroxylation is 1. The normalized spacial score (nSPS) is 11.9. The van der Waals surface area contributed by atoms with Gasteiger partial charge in [-0.05, 0) is 30.7 Å². The Kier molecular flexibility index (Phi) is 4.60. The highest BCUT2D eigenvalue weighted by Crippen LogP contribution is 2.30. The standard InChI is InChI=1S/C17H17N5O3/c1-10-15(16(24)22-21-10)13(9-14(18)23)11-4-2-5-12(8-11)25-17-19-6-3-7-20-17/h2-8,13H,9H2,1H3,(H2,18,23)(H2,21,22,24)/t13-/m0/s1. The van der Waals surface area contributed by atoms with Crippen molar-refractivity contribution in [3.05, 3.63) is 69.9 Å². The number of H-pyrrole nitrogens is 2. The van der Waals surface area contributed by atoms with Crippen molar-refractivity contribution in [2.24, 2.45) is 5.73 Å². The Hall–Kier alpha value is -3.42. The molecule has 3 rings (SSSR count). The van der Waals surface area contributed by atoms with Gasteiger partial charge in [-0.2, -0.15) is 0 Å². The highest BCUT2D eigenvalue weighted by Gasteiger charge is 2.23. The van der Waals surface area contributed by atoms with Crippen LogP contribution in [0.15, 0.2) is 47.5 Å². The lowest BCUT2D eigenvalue weighted by molar-refractivity contribution is -0.118. The average Bonchev–Trinajstić information content (AvgIpc) is 2.92. The molecule has 0 radical (unpaired) electrons. The quantitative estimate of drug-likeness (QED) is 0.628. The van der Waals surface area contributed by atoms with Gasteiger partial charge in [0.05, 0.1) is 0 Å². The number of amides is 1. The van der Waals surface area contributed by atoms with Gasteiger partial charge >= 0.3 is 6.01 Å². The molecule has 2 aromatic heterocycles. The van der Waals surface area contributed by atoms with Crippen LogP contribution in [0, 0.1) is 6.92 Å². The minimum absolute atomic E-state index is 0.00701. The average molecular weight is 339 g/mol. The number of primary amides is 1. The summed E-state index contributed by atoms with van der Waals surface area (Å²) in [4.78, 5) is 31.7. The number of nitrogens with one attached hydrogen (secondary N) is 2. The van der Waals surface area contributed by atoms with Gasteiger partial charge in [-0.15, -0.1) is 0 Å². The van der Waals surface area contributed by atoms with Crippen molar-refractivity contribution in [2.75, 3.05) is 0 Å². The molecule has 1 aromatic carbocycles. The first-order valence-corrected chi connectivity index (χ1v) is 7.65. The first kappa shape index (κ1) is 16.4. The molecule has 0 fully saturated rings. The summed E-state index contributed by atoms with van der Waals surface area (Å²) in [6, 6.07) is 8.98. The van der Waals surface area contributed by atoms with Gasteiger partial charge in [0.25, 0.3) is 5.56 Å². The number of nitrogens with zero attached hydrogens (tertiary/aromatic N) is 2. The minimum Gasteiger partial charge on any atom is -0.424 e. The Morgan fingerprint density at radius 1 is 1.24 bits per heavy atom. The number of hydrogen-bond acceptors (Lipinski definition) is 5. The summed E-state index contributed by atoms with van der Waals surface area (Å²) in [5, 5.41) is 5.30. The van der Waals surface area contributed by atoms with E-state index in [1.807, 2.05) is 6.07 Å². The summed E-state index contributed by atoms with van der Waals surface area (Å²) in [5.41, 5.74) is 6.99. The third kappa shape index (κ3) is 3.74. The summed E-state index contributed by atoms with van der Waals surface area (Å²) < 4.78 is 5.62. The Morgan fingerprint density at radius 2 is 2.00 bits per heavy atom. The topological polar surface area (TPSA) is 127 Å². The SMILES string of the molecule is Cc1[nH][nH]c(=O)c1[C@@H](CC(N)=O)c1cccc(Oc2ncccn2)c1. The van der Waals surface area contributed by atoms with Gasteiger partial charge in [0, 0.05) is 36.0 Å². The molecular formula is C17H17N5O3. The fourth-order valence-electron chi connectivity index (χ4n) is 2.70. The second-order valence-corrected chi connectivity index (χ2v) is 5.55. The molecule has 3 aromatic rings. The zero-order valence-corrected chi connectivity index (χ0v) is 13.5. The van der Waals surface area contributed by atoms with Crippen molar-refractivity contribution in [1.29, 1.82) is 0 Å². The van der Waals surface area contributed by atoms with Crippen LogP contribution in [-0.4, -0.2) is 26.1 Å². The van der Waals surface area contributed by atoms with Crippen LogP contribution in [0.25, 0.3) is 0 Å². The number of carbonyl (C=O) groups is 1. The zero-order valence-electron chi connectivity index (χ0n) is 13.5. The van der Waals surface area contributed by atoms with Crippen molar-refractivity contribution in [3.63, 3.8) is 0 Å². The van der Waals surface area contributed by atoms with Crippen molar-refractivity contribution in [2.45, 2.75) is 19.3 Å². The molecule has 2 heterocycles. The molecule has 8 nitrogen and oxygen atoms in total. The smallest absolute Gasteiger partial charge is 0.321 e. The van der Waals surface area contributed by atoms with E-state index < -0.39 is 11.8 Å². The van der Waals surface area contributed by atoms with E-state index in [1.165, 1.54) is 0 Å². The van der Waals surface area contributed by atoms with Gasteiger partial charge < -0.3 is 15.6 Å². The Labute approximate surface area is 143 Å². The lowest BCUT2D eigenvalue weighted by atomic mass is 9.88. The third-order valence-electron chi connectivity index (χ3n) is 3.78. The number of carbonyl (C=O) groups excluding carboxylic acids is 1. The van der Waals surface area contributed by atoms with Gasteiger partial charge in [0.1, 0.15) is 5.75 Å².